The van der Waals surface area contributed by atoms with Crippen molar-refractivity contribution >= 4 is 29.2 Å². The highest BCUT2D eigenvalue weighted by molar-refractivity contribution is 7.09. The number of aryl methyl sites for hydroxylation is 1. The number of cyclic esters (lactones) is 1. The number of ether oxygens (including phenoxy) is 1. The molecule has 2 rings (SSSR count). The molecule has 1 unspecified atom stereocenters. The van der Waals surface area contributed by atoms with Crippen LogP contribution in [0.1, 0.15) is 64.6 Å². The Morgan fingerprint density at radius 3 is 2.46 bits per heavy atom. The first-order chi connectivity index (χ1) is 17.0. The monoisotopic (exact) mass is 543 g/mol. The van der Waals surface area contributed by atoms with Gasteiger partial charge < -0.3 is 14.9 Å². The highest BCUT2D eigenvalue weighted by Crippen LogP contribution is 2.33. The number of thiazole rings is 1. The molecule has 0 aliphatic carbocycles. The van der Waals surface area contributed by atoms with Gasteiger partial charge in [-0.3, -0.25) is 9.59 Å². The quantitative estimate of drug-likeness (QED) is 0.373. The van der Waals surface area contributed by atoms with Crippen molar-refractivity contribution in [3.63, 3.8) is 0 Å². The number of ketones is 1. The standard InChI is InChI=1S/C27H36F3NO5S/c1-15-8-7-9-19(27(28,29)30)10-11-21(16(2)12-20-14-37-18(4)31-20)36-23(33)13-22(32)26(5,6)25(35)17(3)24(15)34/h7-8,10,12,14-15,17,21-22,24,32,34H,9,11,13H2,1-6H3/t15-,17+,21-,22-,24?/m0/s1. The summed E-state index contributed by atoms with van der Waals surface area (Å²) in [6.07, 6.45) is -4.04. The molecule has 206 valence electrons. The van der Waals surface area contributed by atoms with Gasteiger partial charge in [0, 0.05) is 29.2 Å². The molecule has 0 radical (unpaired) electrons. The second-order valence-electron chi connectivity index (χ2n) is 10.2. The molecule has 0 bridgehead atoms. The molecule has 0 aromatic carbocycles. The number of carbonyl (C=O) groups is 2. The number of aliphatic hydroxyl groups is 2. The summed E-state index contributed by atoms with van der Waals surface area (Å²) in [6.45, 7) is 9.55. The van der Waals surface area contributed by atoms with Gasteiger partial charge in [-0.15, -0.1) is 11.3 Å². The lowest BCUT2D eigenvalue weighted by molar-refractivity contribution is -0.154. The first-order valence-corrected chi connectivity index (χ1v) is 13.0. The molecule has 1 aliphatic rings. The van der Waals surface area contributed by atoms with Gasteiger partial charge >= 0.3 is 12.1 Å². The molecule has 10 heteroatoms. The molecule has 1 aliphatic heterocycles. The molecular weight excluding hydrogens is 507 g/mol. The Kier molecular flexibility index (Phi) is 10.4. The Morgan fingerprint density at radius 1 is 1.24 bits per heavy atom. The number of hydrogen-bond acceptors (Lipinski definition) is 7. The number of carbonyl (C=O) groups excluding carboxylic acids is 2. The van der Waals surface area contributed by atoms with Crippen LogP contribution in [-0.4, -0.2) is 51.4 Å². The van der Waals surface area contributed by atoms with Gasteiger partial charge in [-0.1, -0.05) is 45.9 Å². The van der Waals surface area contributed by atoms with Gasteiger partial charge in [-0.2, -0.15) is 13.2 Å². The second-order valence-corrected chi connectivity index (χ2v) is 11.3. The van der Waals surface area contributed by atoms with Crippen molar-refractivity contribution in [2.24, 2.45) is 17.3 Å². The zero-order valence-electron chi connectivity index (χ0n) is 22.0. The van der Waals surface area contributed by atoms with Gasteiger partial charge in [0.15, 0.2) is 0 Å². The first kappa shape index (κ1) is 30.9. The third-order valence-corrected chi connectivity index (χ3v) is 7.60. The van der Waals surface area contributed by atoms with Crippen molar-refractivity contribution in [1.82, 2.24) is 4.98 Å². The zero-order chi connectivity index (χ0) is 28.1. The van der Waals surface area contributed by atoms with Crippen LogP contribution in [0.3, 0.4) is 0 Å². The lowest BCUT2D eigenvalue weighted by Crippen LogP contribution is -2.45. The predicted octanol–water partition coefficient (Wildman–Crippen LogP) is 5.58. The van der Waals surface area contributed by atoms with E-state index in [0.717, 1.165) is 11.1 Å². The van der Waals surface area contributed by atoms with Gasteiger partial charge in [-0.25, -0.2) is 4.98 Å². The lowest BCUT2D eigenvalue weighted by Gasteiger charge is -2.34. The van der Waals surface area contributed by atoms with Gasteiger partial charge in [-0.05, 0) is 31.9 Å². The summed E-state index contributed by atoms with van der Waals surface area (Å²) in [4.78, 5) is 30.2. The van der Waals surface area contributed by atoms with Crippen molar-refractivity contribution < 1.29 is 37.7 Å². The highest BCUT2D eigenvalue weighted by atomic mass is 32.1. The summed E-state index contributed by atoms with van der Waals surface area (Å²) in [5.74, 6) is -2.85. The van der Waals surface area contributed by atoms with Crippen LogP contribution in [0, 0.1) is 24.2 Å². The number of allylic oxidation sites excluding steroid dienone is 2. The van der Waals surface area contributed by atoms with E-state index in [4.69, 9.17) is 4.74 Å². The number of esters is 1. The van der Waals surface area contributed by atoms with Crippen molar-refractivity contribution in [1.29, 1.82) is 0 Å². The van der Waals surface area contributed by atoms with E-state index in [1.165, 1.54) is 44.3 Å². The number of Topliss-reactive ketones (excluding diaryl/α,β-unsaturated/α-hetero) is 1. The molecule has 2 N–H and O–H groups in total. The minimum Gasteiger partial charge on any atom is -0.457 e. The maximum atomic E-state index is 13.8. The van der Waals surface area contributed by atoms with Crippen LogP contribution in [0.4, 0.5) is 13.2 Å². The van der Waals surface area contributed by atoms with E-state index in [9.17, 15) is 33.0 Å². The molecule has 6 nitrogen and oxygen atoms in total. The number of alkyl halides is 3. The summed E-state index contributed by atoms with van der Waals surface area (Å²) in [5.41, 5.74) is -1.11. The zero-order valence-corrected chi connectivity index (χ0v) is 22.8. The molecule has 0 saturated heterocycles. The van der Waals surface area contributed by atoms with Gasteiger partial charge in [0.25, 0.3) is 0 Å². The molecule has 0 fully saturated rings. The number of aromatic nitrogens is 1. The van der Waals surface area contributed by atoms with E-state index in [0.29, 0.717) is 11.3 Å². The number of rotatable bonds is 2. The fourth-order valence-corrected chi connectivity index (χ4v) is 4.74. The summed E-state index contributed by atoms with van der Waals surface area (Å²) >= 11 is 1.41. The summed E-state index contributed by atoms with van der Waals surface area (Å²) in [7, 11) is 0. The predicted molar refractivity (Wildman–Crippen MR) is 137 cm³/mol. The van der Waals surface area contributed by atoms with Crippen LogP contribution in [-0.2, 0) is 14.3 Å². The minimum absolute atomic E-state index is 0.243. The Balaban J connectivity index is 2.50. The van der Waals surface area contributed by atoms with Crippen molar-refractivity contribution in [3.8, 4) is 0 Å². The number of aliphatic hydroxyl groups excluding tert-OH is 2. The van der Waals surface area contributed by atoms with Crippen LogP contribution in [0.5, 0.6) is 0 Å². The van der Waals surface area contributed by atoms with Crippen molar-refractivity contribution in [2.75, 3.05) is 0 Å². The molecule has 2 heterocycles. The maximum Gasteiger partial charge on any atom is 0.412 e. The van der Waals surface area contributed by atoms with E-state index in [1.807, 2.05) is 6.92 Å². The SMILES string of the molecule is CC(=Cc1csc(C)n1)[C@@H]1CC=C(C(F)(F)F)CC=C[C@H](C)C(O)[C@@H](C)C(=O)C(C)(C)[C@@H](O)CC(=O)O1. The average Bonchev–Trinajstić information content (AvgIpc) is 3.21. The molecule has 0 amide bonds. The first-order valence-electron chi connectivity index (χ1n) is 12.2. The van der Waals surface area contributed by atoms with Crippen LogP contribution >= 0.6 is 11.3 Å². The number of halogens is 3. The minimum atomic E-state index is -4.61. The fraction of sp³-hybridized carbons (Fsp3) is 0.593. The Morgan fingerprint density at radius 2 is 1.89 bits per heavy atom. The molecule has 0 saturated carbocycles. The second kappa shape index (κ2) is 12.5. The maximum absolute atomic E-state index is 13.8. The van der Waals surface area contributed by atoms with Gasteiger partial charge in [0.2, 0.25) is 0 Å². The smallest absolute Gasteiger partial charge is 0.412 e. The molecular formula is C27H36F3NO5S. The number of nitrogens with zero attached hydrogens (tertiary/aromatic N) is 1. The average molecular weight is 544 g/mol. The van der Waals surface area contributed by atoms with Gasteiger partial charge in [0.1, 0.15) is 11.9 Å². The lowest BCUT2D eigenvalue weighted by atomic mass is 9.73. The molecule has 1 aromatic rings. The normalized spacial score (nSPS) is 29.1. The van der Waals surface area contributed by atoms with Crippen LogP contribution in [0.15, 0.2) is 34.8 Å². The molecule has 37 heavy (non-hydrogen) atoms. The fourth-order valence-electron chi connectivity index (χ4n) is 4.17. The van der Waals surface area contributed by atoms with E-state index < -0.39 is 71.9 Å². The van der Waals surface area contributed by atoms with E-state index >= 15 is 0 Å². The van der Waals surface area contributed by atoms with Crippen LogP contribution in [0.2, 0.25) is 0 Å². The Labute approximate surface area is 219 Å². The topological polar surface area (TPSA) is 96.7 Å². The molecule has 1 aromatic heterocycles. The van der Waals surface area contributed by atoms with Crippen molar-refractivity contribution in [3.05, 3.63) is 45.5 Å². The van der Waals surface area contributed by atoms with Crippen LogP contribution < -0.4 is 0 Å². The van der Waals surface area contributed by atoms with Crippen molar-refractivity contribution in [2.45, 2.75) is 85.3 Å². The highest BCUT2D eigenvalue weighted by Gasteiger charge is 2.42. The summed E-state index contributed by atoms with van der Waals surface area (Å²) < 4.78 is 46.8. The molecule has 0 spiro atoms. The largest absolute Gasteiger partial charge is 0.457 e. The summed E-state index contributed by atoms with van der Waals surface area (Å²) in [5, 5.41) is 24.0. The van der Waals surface area contributed by atoms with E-state index in [1.54, 1.807) is 25.3 Å². The third-order valence-electron chi connectivity index (χ3n) is 6.81. The van der Waals surface area contributed by atoms with E-state index in [-0.39, 0.29) is 6.42 Å². The molecule has 5 atom stereocenters. The van der Waals surface area contributed by atoms with Gasteiger partial charge in [0.05, 0.1) is 34.7 Å². The van der Waals surface area contributed by atoms with E-state index in [2.05, 4.69) is 4.98 Å². The summed E-state index contributed by atoms with van der Waals surface area (Å²) in [6, 6.07) is 0. The number of hydrogen-bond donors (Lipinski definition) is 2. The Bertz CT molecular complexity index is 1060. The Hall–Kier alpha value is -2.30. The van der Waals surface area contributed by atoms with Crippen LogP contribution in [0.25, 0.3) is 6.08 Å². The third kappa shape index (κ3) is 8.35.